The van der Waals surface area contributed by atoms with Crippen molar-refractivity contribution in [3.63, 3.8) is 0 Å². The summed E-state index contributed by atoms with van der Waals surface area (Å²) in [5.41, 5.74) is 2.72. The lowest BCUT2D eigenvalue weighted by Crippen LogP contribution is -2.30. The average Bonchev–Trinajstić information content (AvgIpc) is 2.73. The molecule has 0 fully saturated rings. The fourth-order valence-corrected chi connectivity index (χ4v) is 3.04. The van der Waals surface area contributed by atoms with Crippen LogP contribution < -0.4 is 4.57 Å². The molecule has 0 radical (unpaired) electrons. The second-order valence-corrected chi connectivity index (χ2v) is 7.72. The van der Waals surface area contributed by atoms with Crippen molar-refractivity contribution in [2.45, 2.75) is 18.2 Å². The lowest BCUT2D eigenvalue weighted by atomic mass is 10.1. The van der Waals surface area contributed by atoms with Crippen molar-refractivity contribution in [2.75, 3.05) is 0 Å². The molecule has 30 heavy (non-hydrogen) atoms. The number of aromatic nitrogens is 1. The van der Waals surface area contributed by atoms with Crippen molar-refractivity contribution in [1.29, 1.82) is 0 Å². The minimum atomic E-state index is -4.28. The lowest BCUT2D eigenvalue weighted by molar-refractivity contribution is -0.673. The first-order chi connectivity index (χ1) is 14.2. The molecule has 0 saturated carbocycles. The molecule has 0 atom stereocenters. The maximum atomic E-state index is 10.9. The lowest BCUT2D eigenvalue weighted by Gasteiger charge is -2.06. The van der Waals surface area contributed by atoms with Crippen LogP contribution in [0.15, 0.2) is 77.8 Å². The molecule has 0 aliphatic heterocycles. The molecule has 2 aromatic carbocycles. The second kappa shape index (κ2) is 10.4. The molecule has 0 amide bonds. The van der Waals surface area contributed by atoms with Gasteiger partial charge in [-0.1, -0.05) is 31.2 Å². The standard InChI is InChI=1S/C14H13N2O2.C8H10O3S/c1-15-11-5-4-7-13(15)10-9-12-6-2-3-8-14(12)16(17)18;1-2-7-3-5-8(6-4-7)12(9,10)11/h2-11H,1H3;3-6H,2H2,1H3,(H,9,10,11)/q+1;/p-1. The Morgan fingerprint density at radius 3 is 2.17 bits per heavy atom. The molecule has 0 unspecified atom stereocenters. The quantitative estimate of drug-likeness (QED) is 0.267. The van der Waals surface area contributed by atoms with E-state index in [9.17, 15) is 23.1 Å². The second-order valence-electron chi connectivity index (χ2n) is 6.34. The van der Waals surface area contributed by atoms with E-state index in [-0.39, 0.29) is 15.5 Å². The summed E-state index contributed by atoms with van der Waals surface area (Å²) in [5.74, 6) is 0. The zero-order valence-corrected chi connectivity index (χ0v) is 17.5. The van der Waals surface area contributed by atoms with E-state index in [0.29, 0.717) is 5.56 Å². The van der Waals surface area contributed by atoms with Gasteiger partial charge in [0.25, 0.3) is 5.69 Å². The Morgan fingerprint density at radius 2 is 1.60 bits per heavy atom. The van der Waals surface area contributed by atoms with Crippen molar-refractivity contribution in [1.82, 2.24) is 0 Å². The summed E-state index contributed by atoms with van der Waals surface area (Å²) in [5, 5.41) is 10.9. The van der Waals surface area contributed by atoms with Gasteiger partial charge in [-0.3, -0.25) is 10.1 Å². The summed E-state index contributed by atoms with van der Waals surface area (Å²) in [4.78, 5) is 10.3. The van der Waals surface area contributed by atoms with Gasteiger partial charge in [-0.2, -0.15) is 0 Å². The minimum absolute atomic E-state index is 0.118. The van der Waals surface area contributed by atoms with Crippen LogP contribution in [0.5, 0.6) is 0 Å². The molecule has 0 aliphatic carbocycles. The first-order valence-corrected chi connectivity index (χ1v) is 10.5. The maximum Gasteiger partial charge on any atom is 0.276 e. The molecule has 3 rings (SSSR count). The third-order valence-electron chi connectivity index (χ3n) is 4.28. The monoisotopic (exact) mass is 426 g/mol. The summed E-state index contributed by atoms with van der Waals surface area (Å²) in [7, 11) is -2.35. The summed E-state index contributed by atoms with van der Waals surface area (Å²) >= 11 is 0. The summed E-state index contributed by atoms with van der Waals surface area (Å²) in [6, 6.07) is 18.5. The summed E-state index contributed by atoms with van der Waals surface area (Å²) < 4.78 is 33.4. The van der Waals surface area contributed by atoms with E-state index in [1.165, 1.54) is 18.2 Å². The molecule has 0 aliphatic rings. The molecule has 1 aromatic heterocycles. The van der Waals surface area contributed by atoms with Crippen LogP contribution in [0.1, 0.15) is 23.7 Å². The molecule has 0 N–H and O–H groups in total. The van der Waals surface area contributed by atoms with E-state index in [4.69, 9.17) is 0 Å². The number of rotatable bonds is 5. The van der Waals surface area contributed by atoms with Crippen LogP contribution in [0.25, 0.3) is 12.2 Å². The Hall–Kier alpha value is -3.36. The topological polar surface area (TPSA) is 104 Å². The van der Waals surface area contributed by atoms with Gasteiger partial charge in [0.1, 0.15) is 17.2 Å². The number of nitrogens with zero attached hydrogens (tertiary/aromatic N) is 2. The van der Waals surface area contributed by atoms with Gasteiger partial charge in [-0.25, -0.2) is 13.0 Å². The summed E-state index contributed by atoms with van der Waals surface area (Å²) in [6.07, 6.45) is 6.38. The molecule has 1 heterocycles. The Labute approximate surface area is 175 Å². The SMILES string of the molecule is CCc1ccc(S(=O)(=O)[O-])cc1.C[n+]1ccccc1C=Cc1ccccc1[N+](=O)[O-]. The van der Waals surface area contributed by atoms with Crippen LogP contribution in [0, 0.1) is 10.1 Å². The predicted octanol–water partition coefficient (Wildman–Crippen LogP) is 3.74. The smallest absolute Gasteiger partial charge is 0.276 e. The highest BCUT2D eigenvalue weighted by Gasteiger charge is 2.10. The van der Waals surface area contributed by atoms with Crippen molar-refractivity contribution >= 4 is 28.0 Å². The highest BCUT2D eigenvalue weighted by Crippen LogP contribution is 2.19. The molecule has 0 saturated heterocycles. The Kier molecular flexibility index (Phi) is 7.97. The van der Waals surface area contributed by atoms with Crippen LogP contribution in [-0.4, -0.2) is 17.9 Å². The van der Waals surface area contributed by atoms with Crippen LogP contribution >= 0.6 is 0 Å². The third kappa shape index (κ3) is 6.61. The predicted molar refractivity (Wildman–Crippen MR) is 113 cm³/mol. The number of benzene rings is 2. The minimum Gasteiger partial charge on any atom is -0.744 e. The van der Waals surface area contributed by atoms with Crippen molar-refractivity contribution in [3.8, 4) is 0 Å². The fraction of sp³-hybridized carbons (Fsp3) is 0.136. The fourth-order valence-electron chi connectivity index (χ4n) is 2.57. The molecule has 3 aromatic rings. The largest absolute Gasteiger partial charge is 0.744 e. The average molecular weight is 426 g/mol. The van der Waals surface area contributed by atoms with Gasteiger partial charge in [0.2, 0.25) is 5.69 Å². The van der Waals surface area contributed by atoms with Crippen LogP contribution in [0.2, 0.25) is 0 Å². The van der Waals surface area contributed by atoms with Crippen LogP contribution in [0.3, 0.4) is 0 Å². The van der Waals surface area contributed by atoms with Crippen molar-refractivity contribution < 1.29 is 22.5 Å². The Bertz CT molecular complexity index is 1140. The highest BCUT2D eigenvalue weighted by molar-refractivity contribution is 7.85. The number of aryl methyl sites for hydroxylation is 2. The van der Waals surface area contributed by atoms with Gasteiger partial charge < -0.3 is 4.55 Å². The van der Waals surface area contributed by atoms with Gasteiger partial charge in [0.05, 0.1) is 15.4 Å². The van der Waals surface area contributed by atoms with E-state index >= 15 is 0 Å². The van der Waals surface area contributed by atoms with E-state index < -0.39 is 10.1 Å². The summed E-state index contributed by atoms with van der Waals surface area (Å²) in [6.45, 7) is 1.96. The zero-order valence-electron chi connectivity index (χ0n) is 16.6. The zero-order chi connectivity index (χ0) is 22.1. The maximum absolute atomic E-state index is 10.9. The molecule has 7 nitrogen and oxygen atoms in total. The highest BCUT2D eigenvalue weighted by atomic mass is 32.2. The first-order valence-electron chi connectivity index (χ1n) is 9.13. The van der Waals surface area contributed by atoms with E-state index in [0.717, 1.165) is 17.7 Å². The van der Waals surface area contributed by atoms with Gasteiger partial charge in [-0.15, -0.1) is 0 Å². The number of pyridine rings is 1. The molecule has 0 spiro atoms. The Balaban J connectivity index is 0.000000232. The van der Waals surface area contributed by atoms with Gasteiger partial charge in [0, 0.05) is 24.3 Å². The number of hydrogen-bond acceptors (Lipinski definition) is 5. The Morgan fingerprint density at radius 1 is 0.967 bits per heavy atom. The van der Waals surface area contributed by atoms with Crippen LogP contribution in [0.4, 0.5) is 5.69 Å². The number of nitro benzene ring substituents is 1. The van der Waals surface area contributed by atoms with Gasteiger partial charge in [0.15, 0.2) is 6.20 Å². The molecular formula is C22H22N2O5S. The molecular weight excluding hydrogens is 404 g/mol. The van der Waals surface area contributed by atoms with Crippen molar-refractivity contribution in [2.24, 2.45) is 7.05 Å². The van der Waals surface area contributed by atoms with Crippen LogP contribution in [-0.2, 0) is 23.6 Å². The van der Waals surface area contributed by atoms with Gasteiger partial charge in [-0.05, 0) is 42.3 Å². The normalized spacial score (nSPS) is 11.0. The van der Waals surface area contributed by atoms with Crippen molar-refractivity contribution in [3.05, 3.63) is 99.9 Å². The first kappa shape index (κ1) is 22.9. The van der Waals surface area contributed by atoms with E-state index in [1.807, 2.05) is 49.0 Å². The number of para-hydroxylation sites is 1. The third-order valence-corrected chi connectivity index (χ3v) is 5.13. The van der Waals surface area contributed by atoms with E-state index in [1.54, 1.807) is 36.4 Å². The number of nitro groups is 1. The molecule has 156 valence electrons. The van der Waals surface area contributed by atoms with E-state index in [2.05, 4.69) is 0 Å². The number of hydrogen-bond donors (Lipinski definition) is 0. The molecule has 8 heteroatoms. The molecule has 0 bridgehead atoms. The van der Waals surface area contributed by atoms with Gasteiger partial charge >= 0.3 is 0 Å².